The number of hydrogen-bond acceptors (Lipinski definition) is 3. The number of benzene rings is 2. The fraction of sp³-hybridized carbons (Fsp3) is 0.143. The third-order valence-corrected chi connectivity index (χ3v) is 4.24. The number of aliphatic hydroxyl groups excluding tert-OH is 1. The quantitative estimate of drug-likeness (QED) is 0.884. The maximum atomic E-state index is 13.4. The van der Waals surface area contributed by atoms with Crippen LogP contribution in [-0.2, 0) is 23.2 Å². The molecule has 2 aromatic rings. The lowest BCUT2D eigenvalue weighted by atomic mass is 10.2. The first-order valence-corrected chi connectivity index (χ1v) is 7.44. The Bertz CT molecular complexity index is 684. The van der Waals surface area contributed by atoms with Crippen LogP contribution < -0.4 is 4.72 Å². The van der Waals surface area contributed by atoms with Gasteiger partial charge in [-0.2, -0.15) is 0 Å². The summed E-state index contributed by atoms with van der Waals surface area (Å²) in [6.45, 7) is -0.264. The van der Waals surface area contributed by atoms with E-state index in [1.54, 1.807) is 12.1 Å². The molecule has 2 rings (SSSR count). The number of rotatable bonds is 5. The van der Waals surface area contributed by atoms with Gasteiger partial charge in [0.1, 0.15) is 5.82 Å². The largest absolute Gasteiger partial charge is 0.392 e. The number of sulfonamides is 1. The Hall–Kier alpha value is -1.76. The van der Waals surface area contributed by atoms with E-state index in [9.17, 15) is 12.8 Å². The monoisotopic (exact) mass is 295 g/mol. The highest BCUT2D eigenvalue weighted by Gasteiger charge is 2.14. The van der Waals surface area contributed by atoms with Crippen molar-refractivity contribution in [3.8, 4) is 0 Å². The van der Waals surface area contributed by atoms with Gasteiger partial charge in [0.2, 0.25) is 10.0 Å². The SMILES string of the molecule is O=S(=O)(NCc1ccccc1F)c1ccc(CO)cc1. The molecule has 106 valence electrons. The van der Waals surface area contributed by atoms with Crippen molar-refractivity contribution in [2.75, 3.05) is 0 Å². The first-order chi connectivity index (χ1) is 9.53. The molecule has 0 atom stereocenters. The maximum absolute atomic E-state index is 13.4. The molecule has 0 radical (unpaired) electrons. The van der Waals surface area contributed by atoms with Crippen LogP contribution in [0.15, 0.2) is 53.4 Å². The molecule has 0 saturated carbocycles. The standard InChI is InChI=1S/C14H14FNO3S/c15-14-4-2-1-3-12(14)9-16-20(18,19)13-7-5-11(10-17)6-8-13/h1-8,16-17H,9-10H2. The van der Waals surface area contributed by atoms with Crippen LogP contribution in [-0.4, -0.2) is 13.5 Å². The molecule has 2 N–H and O–H groups in total. The average Bonchev–Trinajstić information content (AvgIpc) is 2.46. The van der Waals surface area contributed by atoms with Crippen LogP contribution in [0.4, 0.5) is 4.39 Å². The van der Waals surface area contributed by atoms with E-state index in [4.69, 9.17) is 5.11 Å². The van der Waals surface area contributed by atoms with E-state index in [0.717, 1.165) is 0 Å². The molecule has 0 aliphatic carbocycles. The molecule has 0 heterocycles. The molecule has 0 aliphatic heterocycles. The molecular formula is C14H14FNO3S. The van der Waals surface area contributed by atoms with Gasteiger partial charge in [-0.1, -0.05) is 30.3 Å². The average molecular weight is 295 g/mol. The Morgan fingerprint density at radius 2 is 1.70 bits per heavy atom. The summed E-state index contributed by atoms with van der Waals surface area (Å²) in [5.41, 5.74) is 0.904. The minimum absolute atomic E-state index is 0.0750. The zero-order chi connectivity index (χ0) is 14.6. The highest BCUT2D eigenvalue weighted by Crippen LogP contribution is 2.12. The number of aliphatic hydroxyl groups is 1. The molecule has 0 amide bonds. The lowest BCUT2D eigenvalue weighted by molar-refractivity contribution is 0.282. The summed E-state index contributed by atoms with van der Waals surface area (Å²) in [5, 5.41) is 8.91. The molecule has 0 bridgehead atoms. The molecular weight excluding hydrogens is 281 g/mol. The van der Waals surface area contributed by atoms with Gasteiger partial charge in [0.05, 0.1) is 11.5 Å². The van der Waals surface area contributed by atoms with Crippen molar-refractivity contribution in [1.29, 1.82) is 0 Å². The Morgan fingerprint density at radius 1 is 1.05 bits per heavy atom. The van der Waals surface area contributed by atoms with Crippen molar-refractivity contribution in [2.24, 2.45) is 0 Å². The molecule has 0 unspecified atom stereocenters. The van der Waals surface area contributed by atoms with E-state index in [0.29, 0.717) is 5.56 Å². The minimum Gasteiger partial charge on any atom is -0.392 e. The predicted molar refractivity (Wildman–Crippen MR) is 72.8 cm³/mol. The van der Waals surface area contributed by atoms with Crippen molar-refractivity contribution >= 4 is 10.0 Å². The second-order valence-corrected chi connectivity index (χ2v) is 5.98. The Balaban J connectivity index is 2.13. The van der Waals surface area contributed by atoms with Crippen LogP contribution in [0, 0.1) is 5.82 Å². The van der Waals surface area contributed by atoms with E-state index in [2.05, 4.69) is 4.72 Å². The molecule has 0 aromatic heterocycles. The predicted octanol–water partition coefficient (Wildman–Crippen LogP) is 1.80. The van der Waals surface area contributed by atoms with Gasteiger partial charge in [0.25, 0.3) is 0 Å². The van der Waals surface area contributed by atoms with Crippen molar-refractivity contribution in [2.45, 2.75) is 18.0 Å². The first kappa shape index (κ1) is 14.6. The van der Waals surface area contributed by atoms with Gasteiger partial charge < -0.3 is 5.11 Å². The van der Waals surface area contributed by atoms with Crippen molar-refractivity contribution in [1.82, 2.24) is 4.72 Å². The van der Waals surface area contributed by atoms with E-state index in [1.165, 1.54) is 36.4 Å². The van der Waals surface area contributed by atoms with E-state index >= 15 is 0 Å². The maximum Gasteiger partial charge on any atom is 0.240 e. The Morgan fingerprint density at radius 3 is 2.30 bits per heavy atom. The smallest absolute Gasteiger partial charge is 0.240 e. The van der Waals surface area contributed by atoms with E-state index in [-0.39, 0.29) is 23.6 Å². The highest BCUT2D eigenvalue weighted by molar-refractivity contribution is 7.89. The van der Waals surface area contributed by atoms with Crippen LogP contribution >= 0.6 is 0 Å². The summed E-state index contributed by atoms with van der Waals surface area (Å²) in [7, 11) is -3.70. The zero-order valence-electron chi connectivity index (χ0n) is 10.6. The molecule has 0 saturated heterocycles. The van der Waals surface area contributed by atoms with Gasteiger partial charge in [-0.3, -0.25) is 0 Å². The van der Waals surface area contributed by atoms with E-state index in [1.807, 2.05) is 0 Å². The molecule has 2 aromatic carbocycles. The second kappa shape index (κ2) is 6.13. The van der Waals surface area contributed by atoms with E-state index < -0.39 is 15.8 Å². The second-order valence-electron chi connectivity index (χ2n) is 4.22. The highest BCUT2D eigenvalue weighted by atomic mass is 32.2. The van der Waals surface area contributed by atoms with Gasteiger partial charge in [-0.15, -0.1) is 0 Å². The van der Waals surface area contributed by atoms with Crippen LogP contribution in [0.1, 0.15) is 11.1 Å². The number of halogens is 1. The van der Waals surface area contributed by atoms with Crippen LogP contribution in [0.5, 0.6) is 0 Å². The fourth-order valence-electron chi connectivity index (χ4n) is 1.67. The van der Waals surface area contributed by atoms with Crippen molar-refractivity contribution in [3.05, 3.63) is 65.5 Å². The lowest BCUT2D eigenvalue weighted by Gasteiger charge is -2.08. The summed E-state index contributed by atoms with van der Waals surface area (Å²) < 4.78 is 39.8. The molecule has 0 spiro atoms. The van der Waals surface area contributed by atoms with Crippen LogP contribution in [0.25, 0.3) is 0 Å². The first-order valence-electron chi connectivity index (χ1n) is 5.96. The molecule has 0 aliphatic rings. The summed E-state index contributed by atoms with van der Waals surface area (Å²) >= 11 is 0. The van der Waals surface area contributed by atoms with Gasteiger partial charge in [0.15, 0.2) is 0 Å². The van der Waals surface area contributed by atoms with Gasteiger partial charge in [-0.05, 0) is 23.8 Å². The van der Waals surface area contributed by atoms with Crippen molar-refractivity contribution in [3.63, 3.8) is 0 Å². The van der Waals surface area contributed by atoms with Crippen LogP contribution in [0.3, 0.4) is 0 Å². The zero-order valence-corrected chi connectivity index (χ0v) is 11.4. The third-order valence-electron chi connectivity index (χ3n) is 2.83. The Kier molecular flexibility index (Phi) is 4.49. The summed E-state index contributed by atoms with van der Waals surface area (Å²) in [4.78, 5) is 0.0750. The van der Waals surface area contributed by atoms with Gasteiger partial charge >= 0.3 is 0 Å². The minimum atomic E-state index is -3.70. The summed E-state index contributed by atoms with van der Waals surface area (Å²) in [6, 6.07) is 11.8. The molecule has 4 nitrogen and oxygen atoms in total. The normalized spacial score (nSPS) is 11.5. The number of hydrogen-bond donors (Lipinski definition) is 2. The summed E-state index contributed by atoms with van der Waals surface area (Å²) in [6.07, 6.45) is 0. The fourth-order valence-corrected chi connectivity index (χ4v) is 2.68. The van der Waals surface area contributed by atoms with Gasteiger partial charge in [0, 0.05) is 12.1 Å². The third kappa shape index (κ3) is 3.41. The van der Waals surface area contributed by atoms with Crippen molar-refractivity contribution < 1.29 is 17.9 Å². The van der Waals surface area contributed by atoms with Gasteiger partial charge in [-0.25, -0.2) is 17.5 Å². The van der Waals surface area contributed by atoms with Crippen LogP contribution in [0.2, 0.25) is 0 Å². The summed E-state index contributed by atoms with van der Waals surface area (Å²) in [5.74, 6) is -0.453. The molecule has 0 fully saturated rings. The lowest BCUT2D eigenvalue weighted by Crippen LogP contribution is -2.23. The Labute approximate surface area is 116 Å². The molecule has 6 heteroatoms. The topological polar surface area (TPSA) is 66.4 Å². The molecule has 20 heavy (non-hydrogen) atoms. The number of nitrogens with one attached hydrogen (secondary N) is 1.